The van der Waals surface area contributed by atoms with Crippen LogP contribution in [-0.4, -0.2) is 28.3 Å². The van der Waals surface area contributed by atoms with E-state index in [0.29, 0.717) is 5.95 Å². The van der Waals surface area contributed by atoms with Gasteiger partial charge in [0.25, 0.3) is 0 Å². The van der Waals surface area contributed by atoms with Crippen LogP contribution in [0.3, 0.4) is 0 Å². The maximum Gasteiger partial charge on any atom is 0.249 e. The number of hydrogen-bond donors (Lipinski definition) is 1. The average Bonchev–Trinajstić information content (AvgIpc) is 2.96. The molecular weight excluding hydrogens is 250 g/mol. The van der Waals surface area contributed by atoms with E-state index in [0.717, 1.165) is 24.6 Å². The first-order chi connectivity index (χ1) is 9.72. The minimum Gasteiger partial charge on any atom is -0.355 e. The normalized spacial score (nSPS) is 14.6. The lowest BCUT2D eigenvalue weighted by molar-refractivity contribution is 0.890. The molecule has 1 aliphatic heterocycles. The van der Waals surface area contributed by atoms with Gasteiger partial charge in [-0.1, -0.05) is 17.7 Å². The fourth-order valence-corrected chi connectivity index (χ4v) is 2.52. The third kappa shape index (κ3) is 2.71. The second kappa shape index (κ2) is 5.45. The van der Waals surface area contributed by atoms with Crippen LogP contribution >= 0.6 is 0 Å². The van der Waals surface area contributed by atoms with Crippen molar-refractivity contribution in [1.29, 1.82) is 0 Å². The van der Waals surface area contributed by atoms with Gasteiger partial charge in [-0.05, 0) is 38.3 Å². The summed E-state index contributed by atoms with van der Waals surface area (Å²) < 4.78 is 0. The summed E-state index contributed by atoms with van der Waals surface area (Å²) in [7, 11) is 0. The van der Waals surface area contributed by atoms with E-state index in [1.807, 2.05) is 0 Å². The molecule has 0 saturated carbocycles. The van der Waals surface area contributed by atoms with E-state index < -0.39 is 0 Å². The Balaban J connectivity index is 1.81. The Hall–Kier alpha value is -2.17. The summed E-state index contributed by atoms with van der Waals surface area (Å²) in [4.78, 5) is 6.81. The van der Waals surface area contributed by atoms with E-state index in [-0.39, 0.29) is 0 Å². The largest absolute Gasteiger partial charge is 0.355 e. The van der Waals surface area contributed by atoms with E-state index >= 15 is 0 Å². The Morgan fingerprint density at radius 2 is 1.95 bits per heavy atom. The average molecular weight is 269 g/mol. The molecule has 5 nitrogen and oxygen atoms in total. The fraction of sp³-hybridized carbons (Fsp3) is 0.400. The second-order valence-electron chi connectivity index (χ2n) is 5.28. The van der Waals surface area contributed by atoms with Crippen LogP contribution in [-0.2, 0) is 0 Å². The molecule has 104 valence electrons. The maximum absolute atomic E-state index is 4.55. The van der Waals surface area contributed by atoms with Gasteiger partial charge < -0.3 is 10.2 Å². The molecule has 3 rings (SSSR count). The number of benzene rings is 1. The van der Waals surface area contributed by atoms with E-state index in [1.54, 1.807) is 6.20 Å². The molecule has 1 fully saturated rings. The topological polar surface area (TPSA) is 53.9 Å². The van der Waals surface area contributed by atoms with Crippen molar-refractivity contribution in [3.63, 3.8) is 0 Å². The predicted octanol–water partition coefficient (Wildman–Crippen LogP) is 2.83. The summed E-state index contributed by atoms with van der Waals surface area (Å²) in [5.74, 6) is 1.46. The van der Waals surface area contributed by atoms with E-state index in [2.05, 4.69) is 57.4 Å². The van der Waals surface area contributed by atoms with Crippen molar-refractivity contribution in [2.45, 2.75) is 26.7 Å². The van der Waals surface area contributed by atoms with Crippen molar-refractivity contribution in [3.8, 4) is 0 Å². The smallest absolute Gasteiger partial charge is 0.249 e. The number of aromatic nitrogens is 3. The number of aryl methyl sites for hydroxylation is 2. The third-order valence-electron chi connectivity index (χ3n) is 3.60. The van der Waals surface area contributed by atoms with Crippen LogP contribution in [0.25, 0.3) is 0 Å². The van der Waals surface area contributed by atoms with Crippen molar-refractivity contribution in [3.05, 3.63) is 35.5 Å². The fourth-order valence-electron chi connectivity index (χ4n) is 2.52. The first-order valence-corrected chi connectivity index (χ1v) is 7.01. The molecule has 1 N–H and O–H groups in total. The molecule has 0 atom stereocenters. The van der Waals surface area contributed by atoms with Crippen molar-refractivity contribution < 1.29 is 0 Å². The number of hydrogen-bond acceptors (Lipinski definition) is 5. The number of anilines is 3. The van der Waals surface area contributed by atoms with Crippen LogP contribution < -0.4 is 10.2 Å². The van der Waals surface area contributed by atoms with Gasteiger partial charge in [-0.3, -0.25) is 0 Å². The number of rotatable bonds is 3. The van der Waals surface area contributed by atoms with Gasteiger partial charge in [0, 0.05) is 18.8 Å². The summed E-state index contributed by atoms with van der Waals surface area (Å²) in [6.45, 7) is 6.28. The van der Waals surface area contributed by atoms with E-state index in [4.69, 9.17) is 0 Å². The van der Waals surface area contributed by atoms with Crippen molar-refractivity contribution in [1.82, 2.24) is 15.2 Å². The van der Waals surface area contributed by atoms with Gasteiger partial charge in [-0.15, -0.1) is 5.10 Å². The minimum atomic E-state index is 0.557. The quantitative estimate of drug-likeness (QED) is 0.928. The van der Waals surface area contributed by atoms with Crippen LogP contribution in [0.2, 0.25) is 0 Å². The number of nitrogens with zero attached hydrogens (tertiary/aromatic N) is 4. The highest BCUT2D eigenvalue weighted by Crippen LogP contribution is 2.21. The zero-order chi connectivity index (χ0) is 13.9. The summed E-state index contributed by atoms with van der Waals surface area (Å²) in [5, 5.41) is 11.4. The Morgan fingerprint density at radius 3 is 2.70 bits per heavy atom. The van der Waals surface area contributed by atoms with E-state index in [1.165, 1.54) is 24.0 Å². The molecular formula is C15H19N5. The molecule has 0 aliphatic carbocycles. The number of nitrogens with one attached hydrogen (secondary N) is 1. The molecule has 1 saturated heterocycles. The monoisotopic (exact) mass is 269 g/mol. The molecule has 1 aliphatic rings. The van der Waals surface area contributed by atoms with Crippen molar-refractivity contribution >= 4 is 17.5 Å². The first-order valence-electron chi connectivity index (χ1n) is 7.01. The first kappa shape index (κ1) is 12.8. The zero-order valence-corrected chi connectivity index (χ0v) is 11.9. The lowest BCUT2D eigenvalue weighted by Crippen LogP contribution is -2.20. The molecule has 2 aromatic rings. The van der Waals surface area contributed by atoms with E-state index in [9.17, 15) is 0 Å². The van der Waals surface area contributed by atoms with Crippen molar-refractivity contribution in [2.24, 2.45) is 0 Å². The molecule has 1 aromatic heterocycles. The summed E-state index contributed by atoms with van der Waals surface area (Å²) >= 11 is 0. The highest BCUT2D eigenvalue weighted by Gasteiger charge is 2.14. The summed E-state index contributed by atoms with van der Waals surface area (Å²) in [6, 6.07) is 6.27. The zero-order valence-electron chi connectivity index (χ0n) is 11.9. The van der Waals surface area contributed by atoms with Gasteiger partial charge in [0.2, 0.25) is 5.95 Å². The van der Waals surface area contributed by atoms with Gasteiger partial charge in [0.1, 0.15) is 0 Å². The van der Waals surface area contributed by atoms with Crippen molar-refractivity contribution in [2.75, 3.05) is 23.3 Å². The van der Waals surface area contributed by atoms with Gasteiger partial charge in [0.05, 0.1) is 6.20 Å². The molecule has 0 radical (unpaired) electrons. The molecule has 20 heavy (non-hydrogen) atoms. The molecule has 0 unspecified atom stereocenters. The minimum absolute atomic E-state index is 0.557. The Morgan fingerprint density at radius 1 is 1.15 bits per heavy atom. The Bertz CT molecular complexity index is 605. The van der Waals surface area contributed by atoms with Crippen LogP contribution in [0.1, 0.15) is 24.0 Å². The second-order valence-corrected chi connectivity index (χ2v) is 5.28. The summed E-state index contributed by atoms with van der Waals surface area (Å²) in [5.41, 5.74) is 3.45. The predicted molar refractivity (Wildman–Crippen MR) is 80.5 cm³/mol. The Kier molecular flexibility index (Phi) is 3.50. The maximum atomic E-state index is 4.55. The third-order valence-corrected chi connectivity index (χ3v) is 3.60. The molecule has 2 heterocycles. The van der Waals surface area contributed by atoms with Gasteiger partial charge >= 0.3 is 0 Å². The van der Waals surface area contributed by atoms with Crippen LogP contribution in [0, 0.1) is 13.8 Å². The Labute approximate surface area is 119 Å². The van der Waals surface area contributed by atoms with Gasteiger partial charge in [0.15, 0.2) is 5.82 Å². The lowest BCUT2D eigenvalue weighted by atomic mass is 10.1. The van der Waals surface area contributed by atoms with Crippen LogP contribution in [0.5, 0.6) is 0 Å². The lowest BCUT2D eigenvalue weighted by Gasteiger charge is -2.16. The molecule has 0 bridgehead atoms. The van der Waals surface area contributed by atoms with Gasteiger partial charge in [-0.25, -0.2) is 0 Å². The van der Waals surface area contributed by atoms with Gasteiger partial charge in [-0.2, -0.15) is 10.1 Å². The standard InChI is InChI=1S/C15H19N5/c1-11-5-6-13(12(2)9-11)17-15-18-14(10-16-19-15)20-7-3-4-8-20/h5-6,9-10H,3-4,7-8H2,1-2H3,(H,17,18,19). The SMILES string of the molecule is Cc1ccc(Nc2nncc(N3CCCC3)n2)c(C)c1. The molecule has 1 aromatic carbocycles. The van der Waals surface area contributed by atoms with Crippen LogP contribution in [0.15, 0.2) is 24.4 Å². The highest BCUT2D eigenvalue weighted by molar-refractivity contribution is 5.59. The van der Waals surface area contributed by atoms with Crippen LogP contribution in [0.4, 0.5) is 17.5 Å². The molecule has 0 amide bonds. The molecule has 5 heteroatoms. The molecule has 0 spiro atoms. The summed E-state index contributed by atoms with van der Waals surface area (Å²) in [6.07, 6.45) is 4.19. The highest BCUT2D eigenvalue weighted by atomic mass is 15.3.